The highest BCUT2D eigenvalue weighted by Gasteiger charge is 2.12. The fourth-order valence-electron chi connectivity index (χ4n) is 2.11. The Morgan fingerprint density at radius 1 is 1.35 bits per heavy atom. The number of primary amides is 1. The Labute approximate surface area is 98.4 Å². The summed E-state index contributed by atoms with van der Waals surface area (Å²) < 4.78 is 5.58. The molecule has 0 fully saturated rings. The second-order valence-electron chi connectivity index (χ2n) is 4.19. The zero-order valence-electron chi connectivity index (χ0n) is 9.27. The molecule has 0 saturated heterocycles. The molecule has 0 unspecified atom stereocenters. The van der Waals surface area contributed by atoms with E-state index in [1.807, 2.05) is 12.1 Å². The molecule has 0 aliphatic carbocycles. The molecule has 2 aromatic rings. The maximum Gasteiger partial charge on any atom is 0.250 e. The highest BCUT2D eigenvalue weighted by Crippen LogP contribution is 2.29. The molecule has 1 aromatic carbocycles. The number of nitrogens with zero attached hydrogens (tertiary/aromatic N) is 1. The third-order valence-electron chi connectivity index (χ3n) is 3.00. The van der Waals surface area contributed by atoms with Crippen LogP contribution in [0.2, 0.25) is 0 Å². The summed E-state index contributed by atoms with van der Waals surface area (Å²) >= 11 is 0. The number of pyridine rings is 1. The summed E-state index contributed by atoms with van der Waals surface area (Å²) in [7, 11) is 0. The lowest BCUT2D eigenvalue weighted by molar-refractivity contribution is 0.1000. The van der Waals surface area contributed by atoms with Crippen molar-refractivity contribution in [2.24, 2.45) is 5.73 Å². The summed E-state index contributed by atoms with van der Waals surface area (Å²) in [6, 6.07) is 5.73. The third-order valence-corrected chi connectivity index (χ3v) is 3.00. The maximum absolute atomic E-state index is 11.1. The van der Waals surface area contributed by atoms with Gasteiger partial charge in [-0.05, 0) is 30.5 Å². The molecule has 17 heavy (non-hydrogen) atoms. The zero-order valence-corrected chi connectivity index (χ0v) is 9.27. The molecule has 0 bridgehead atoms. The second-order valence-corrected chi connectivity index (χ2v) is 4.19. The van der Waals surface area contributed by atoms with Crippen molar-refractivity contribution in [3.8, 4) is 5.75 Å². The molecule has 1 aromatic heterocycles. The number of hydrogen-bond acceptors (Lipinski definition) is 3. The lowest BCUT2D eigenvalue weighted by Gasteiger charge is -2.17. The molecule has 2 N–H and O–H groups in total. The first-order valence-corrected chi connectivity index (χ1v) is 5.59. The molecule has 1 aliphatic rings. The van der Waals surface area contributed by atoms with Crippen LogP contribution in [0.15, 0.2) is 24.4 Å². The fraction of sp³-hybridized carbons (Fsp3) is 0.231. The Kier molecular flexibility index (Phi) is 2.21. The number of aromatic nitrogens is 1. The molecule has 4 heteroatoms. The molecule has 0 radical (unpaired) electrons. The van der Waals surface area contributed by atoms with E-state index in [1.165, 1.54) is 11.8 Å². The molecule has 86 valence electrons. The molecule has 0 saturated carbocycles. The van der Waals surface area contributed by atoms with E-state index in [0.717, 1.165) is 36.1 Å². The van der Waals surface area contributed by atoms with E-state index < -0.39 is 5.91 Å². The highest BCUT2D eigenvalue weighted by atomic mass is 16.5. The zero-order chi connectivity index (χ0) is 11.8. The van der Waals surface area contributed by atoms with Gasteiger partial charge in [0.15, 0.2) is 0 Å². The standard InChI is InChI=1S/C13H12N2O2/c14-13(16)10-5-9-4-8-2-1-3-17-12(8)6-11(9)15-7-10/h4-7H,1-3H2,(H2,14,16). The monoisotopic (exact) mass is 228 g/mol. The Morgan fingerprint density at radius 3 is 3.06 bits per heavy atom. The van der Waals surface area contributed by atoms with Crippen LogP contribution in [0.4, 0.5) is 0 Å². The van der Waals surface area contributed by atoms with Gasteiger partial charge in [-0.15, -0.1) is 0 Å². The number of benzene rings is 1. The van der Waals surface area contributed by atoms with Crippen molar-refractivity contribution in [2.75, 3.05) is 6.61 Å². The fourth-order valence-corrected chi connectivity index (χ4v) is 2.11. The number of carbonyl (C=O) groups is 1. The minimum absolute atomic E-state index is 0.439. The van der Waals surface area contributed by atoms with E-state index in [0.29, 0.717) is 5.56 Å². The van der Waals surface area contributed by atoms with Crippen LogP contribution >= 0.6 is 0 Å². The first-order valence-electron chi connectivity index (χ1n) is 5.59. The topological polar surface area (TPSA) is 65.2 Å². The summed E-state index contributed by atoms with van der Waals surface area (Å²) in [6.07, 6.45) is 3.54. The molecular formula is C13H12N2O2. The van der Waals surface area contributed by atoms with Gasteiger partial charge in [0.2, 0.25) is 5.91 Å². The van der Waals surface area contributed by atoms with Crippen molar-refractivity contribution in [3.63, 3.8) is 0 Å². The Bertz CT molecular complexity index is 608. The largest absolute Gasteiger partial charge is 0.493 e. The predicted molar refractivity (Wildman–Crippen MR) is 64.1 cm³/mol. The number of carbonyl (C=O) groups excluding carboxylic acids is 1. The van der Waals surface area contributed by atoms with Crippen LogP contribution < -0.4 is 10.5 Å². The SMILES string of the molecule is NC(=O)c1cnc2cc3c(cc2c1)CCCO3. The van der Waals surface area contributed by atoms with Crippen LogP contribution in [0.5, 0.6) is 5.75 Å². The van der Waals surface area contributed by atoms with Gasteiger partial charge in [0.25, 0.3) is 0 Å². The number of rotatable bonds is 1. The van der Waals surface area contributed by atoms with Gasteiger partial charge in [0.05, 0.1) is 17.7 Å². The lowest BCUT2D eigenvalue weighted by atomic mass is 10.0. The molecule has 4 nitrogen and oxygen atoms in total. The Balaban J connectivity index is 2.20. The Hall–Kier alpha value is -2.10. The number of aryl methyl sites for hydroxylation is 1. The van der Waals surface area contributed by atoms with E-state index in [-0.39, 0.29) is 0 Å². The van der Waals surface area contributed by atoms with Crippen molar-refractivity contribution in [2.45, 2.75) is 12.8 Å². The average molecular weight is 228 g/mol. The molecule has 2 heterocycles. The van der Waals surface area contributed by atoms with E-state index in [4.69, 9.17) is 10.5 Å². The quantitative estimate of drug-likeness (QED) is 0.807. The number of fused-ring (bicyclic) bond motifs is 2. The van der Waals surface area contributed by atoms with E-state index >= 15 is 0 Å². The molecule has 1 aliphatic heterocycles. The predicted octanol–water partition coefficient (Wildman–Crippen LogP) is 1.66. The average Bonchev–Trinajstić information content (AvgIpc) is 2.35. The van der Waals surface area contributed by atoms with E-state index in [2.05, 4.69) is 4.98 Å². The van der Waals surface area contributed by atoms with Crippen molar-refractivity contribution < 1.29 is 9.53 Å². The minimum atomic E-state index is -0.451. The van der Waals surface area contributed by atoms with Crippen LogP contribution in [0.1, 0.15) is 22.3 Å². The van der Waals surface area contributed by atoms with Crippen LogP contribution in [-0.2, 0) is 6.42 Å². The summed E-state index contributed by atoms with van der Waals surface area (Å²) in [5, 5.41) is 0.936. The molecule has 0 spiro atoms. The molecule has 0 atom stereocenters. The summed E-state index contributed by atoms with van der Waals surface area (Å²) in [6.45, 7) is 0.762. The smallest absolute Gasteiger partial charge is 0.250 e. The number of amides is 1. The first kappa shape index (κ1) is 10.1. The van der Waals surface area contributed by atoms with Gasteiger partial charge in [0.1, 0.15) is 5.75 Å². The number of ether oxygens (including phenoxy) is 1. The van der Waals surface area contributed by atoms with Crippen LogP contribution in [-0.4, -0.2) is 17.5 Å². The van der Waals surface area contributed by atoms with Gasteiger partial charge < -0.3 is 10.5 Å². The number of hydrogen-bond donors (Lipinski definition) is 1. The van der Waals surface area contributed by atoms with Crippen LogP contribution in [0, 0.1) is 0 Å². The summed E-state index contributed by atoms with van der Waals surface area (Å²) in [5.74, 6) is 0.455. The summed E-state index contributed by atoms with van der Waals surface area (Å²) in [4.78, 5) is 15.3. The molecule has 3 rings (SSSR count). The van der Waals surface area contributed by atoms with Gasteiger partial charge in [-0.25, -0.2) is 0 Å². The van der Waals surface area contributed by atoms with Gasteiger partial charge in [0, 0.05) is 17.6 Å². The Morgan fingerprint density at radius 2 is 2.24 bits per heavy atom. The first-order chi connectivity index (χ1) is 8.24. The third kappa shape index (κ3) is 1.71. The minimum Gasteiger partial charge on any atom is -0.493 e. The van der Waals surface area contributed by atoms with Gasteiger partial charge in [-0.1, -0.05) is 0 Å². The molecule has 1 amide bonds. The summed E-state index contributed by atoms with van der Waals surface area (Å²) in [5.41, 5.74) is 7.68. The lowest BCUT2D eigenvalue weighted by Crippen LogP contribution is -2.11. The van der Waals surface area contributed by atoms with Crippen molar-refractivity contribution in [1.29, 1.82) is 0 Å². The van der Waals surface area contributed by atoms with E-state index in [1.54, 1.807) is 6.07 Å². The normalized spacial score (nSPS) is 14.1. The number of nitrogens with two attached hydrogens (primary N) is 1. The van der Waals surface area contributed by atoms with E-state index in [9.17, 15) is 4.79 Å². The van der Waals surface area contributed by atoms with Crippen LogP contribution in [0.3, 0.4) is 0 Å². The van der Waals surface area contributed by atoms with Crippen molar-refractivity contribution in [3.05, 3.63) is 35.5 Å². The van der Waals surface area contributed by atoms with Crippen LogP contribution in [0.25, 0.3) is 10.9 Å². The second kappa shape index (κ2) is 3.73. The van der Waals surface area contributed by atoms with Crippen molar-refractivity contribution in [1.82, 2.24) is 4.98 Å². The van der Waals surface area contributed by atoms with Gasteiger partial charge in [-0.3, -0.25) is 9.78 Å². The van der Waals surface area contributed by atoms with Crippen molar-refractivity contribution >= 4 is 16.8 Å². The molecular weight excluding hydrogens is 216 g/mol. The van der Waals surface area contributed by atoms with Gasteiger partial charge in [-0.2, -0.15) is 0 Å². The highest BCUT2D eigenvalue weighted by molar-refractivity contribution is 5.96. The maximum atomic E-state index is 11.1. The van der Waals surface area contributed by atoms with Gasteiger partial charge >= 0.3 is 0 Å².